The summed E-state index contributed by atoms with van der Waals surface area (Å²) in [4.78, 5) is 26.9. The second-order valence-electron chi connectivity index (χ2n) is 7.55. The molecule has 1 N–H and O–H groups in total. The van der Waals surface area contributed by atoms with E-state index in [-0.39, 0.29) is 29.7 Å². The highest BCUT2D eigenvalue weighted by atomic mass is 19.1. The van der Waals surface area contributed by atoms with Crippen LogP contribution in [0.15, 0.2) is 65.5 Å². The van der Waals surface area contributed by atoms with Crippen molar-refractivity contribution < 1.29 is 13.6 Å². The predicted molar refractivity (Wildman–Crippen MR) is 113 cm³/mol. The molecular weight excluding hydrogens is 402 g/mol. The van der Waals surface area contributed by atoms with Crippen LogP contribution in [-0.4, -0.2) is 28.8 Å². The van der Waals surface area contributed by atoms with Crippen LogP contribution in [0.2, 0.25) is 0 Å². The second kappa shape index (κ2) is 9.07. The van der Waals surface area contributed by atoms with Crippen molar-refractivity contribution in [2.75, 3.05) is 18.0 Å². The monoisotopic (exact) mass is 424 g/mol. The van der Waals surface area contributed by atoms with Crippen molar-refractivity contribution >= 4 is 11.7 Å². The molecule has 4 rings (SSSR count). The fraction of sp³-hybridized carbons (Fsp3) is 0.261. The van der Waals surface area contributed by atoms with Gasteiger partial charge in [-0.25, -0.2) is 8.78 Å². The maximum atomic E-state index is 13.3. The number of aromatic nitrogens is 2. The van der Waals surface area contributed by atoms with Gasteiger partial charge in [-0.15, -0.1) is 5.10 Å². The number of halogens is 2. The number of piperidine rings is 1. The predicted octanol–water partition coefficient (Wildman–Crippen LogP) is 3.04. The minimum atomic E-state index is -0.393. The molecule has 1 aromatic heterocycles. The Morgan fingerprint density at radius 1 is 1.06 bits per heavy atom. The van der Waals surface area contributed by atoms with Crippen molar-refractivity contribution in [1.82, 2.24) is 15.1 Å². The summed E-state index contributed by atoms with van der Waals surface area (Å²) in [5.74, 6) is -0.489. The summed E-state index contributed by atoms with van der Waals surface area (Å²) >= 11 is 0. The van der Waals surface area contributed by atoms with Crippen molar-refractivity contribution in [3.8, 4) is 5.69 Å². The van der Waals surface area contributed by atoms with Gasteiger partial charge in [0.05, 0.1) is 11.6 Å². The van der Waals surface area contributed by atoms with Gasteiger partial charge in [-0.2, -0.15) is 4.68 Å². The lowest BCUT2D eigenvalue weighted by Gasteiger charge is -2.33. The molecule has 2 heterocycles. The van der Waals surface area contributed by atoms with Crippen molar-refractivity contribution in [3.63, 3.8) is 0 Å². The van der Waals surface area contributed by atoms with Crippen molar-refractivity contribution in [2.45, 2.75) is 19.4 Å². The Hall–Kier alpha value is -3.55. The molecule has 1 amide bonds. The van der Waals surface area contributed by atoms with Gasteiger partial charge in [0.1, 0.15) is 17.5 Å². The van der Waals surface area contributed by atoms with Gasteiger partial charge in [-0.1, -0.05) is 12.1 Å². The third-order valence-electron chi connectivity index (χ3n) is 5.33. The Balaban J connectivity index is 1.45. The summed E-state index contributed by atoms with van der Waals surface area (Å²) in [6, 6.07) is 14.7. The number of benzene rings is 2. The molecule has 1 aliphatic heterocycles. The third kappa shape index (κ3) is 4.96. The molecule has 1 atom stereocenters. The first kappa shape index (κ1) is 20.7. The standard InChI is InChI=1S/C23H22F2N4O2/c24-18-6-8-20(9-7-18)29-22(30)11-10-21(27-29)28-12-2-4-17(15-28)23(31)26-14-16-3-1-5-19(25)13-16/h1,3,5-11,13,17H,2,4,12,14-15H2,(H,26,31)/t17-/m1/s1. The first-order chi connectivity index (χ1) is 15.0. The van der Waals surface area contributed by atoms with E-state index in [1.165, 1.54) is 47.1 Å². The average Bonchev–Trinajstić information content (AvgIpc) is 2.79. The van der Waals surface area contributed by atoms with Crippen molar-refractivity contribution in [3.05, 3.63) is 88.2 Å². The molecule has 1 aliphatic rings. The number of carbonyl (C=O) groups excluding carboxylic acids is 1. The maximum absolute atomic E-state index is 13.3. The molecule has 0 saturated carbocycles. The second-order valence-corrected chi connectivity index (χ2v) is 7.55. The van der Waals surface area contributed by atoms with E-state index >= 15 is 0 Å². The number of hydrogen-bond donors (Lipinski definition) is 1. The zero-order valence-corrected chi connectivity index (χ0v) is 16.8. The van der Waals surface area contributed by atoms with E-state index in [9.17, 15) is 18.4 Å². The summed E-state index contributed by atoms with van der Waals surface area (Å²) in [7, 11) is 0. The number of rotatable bonds is 5. The minimum Gasteiger partial charge on any atom is -0.354 e. The van der Waals surface area contributed by atoms with E-state index in [1.807, 2.05) is 4.90 Å². The number of nitrogens with one attached hydrogen (secondary N) is 1. The summed E-state index contributed by atoms with van der Waals surface area (Å²) in [5, 5.41) is 7.30. The lowest BCUT2D eigenvalue weighted by atomic mass is 9.97. The van der Waals surface area contributed by atoms with E-state index in [4.69, 9.17) is 0 Å². The summed E-state index contributed by atoms with van der Waals surface area (Å²) in [5.41, 5.74) is 0.848. The Morgan fingerprint density at radius 3 is 2.65 bits per heavy atom. The van der Waals surface area contributed by atoms with Crippen LogP contribution in [0.4, 0.5) is 14.6 Å². The Bertz CT molecular complexity index is 1130. The first-order valence-electron chi connectivity index (χ1n) is 10.1. The summed E-state index contributed by atoms with van der Waals surface area (Å²) in [6.45, 7) is 1.44. The van der Waals surface area contributed by atoms with Crippen LogP contribution in [0.5, 0.6) is 0 Å². The number of carbonyl (C=O) groups is 1. The molecule has 0 spiro atoms. The quantitative estimate of drug-likeness (QED) is 0.684. The molecule has 1 saturated heterocycles. The van der Waals surface area contributed by atoms with Crippen LogP contribution in [0.3, 0.4) is 0 Å². The zero-order chi connectivity index (χ0) is 21.8. The highest BCUT2D eigenvalue weighted by Gasteiger charge is 2.26. The first-order valence-corrected chi connectivity index (χ1v) is 10.1. The lowest BCUT2D eigenvalue weighted by Crippen LogP contribution is -2.43. The van der Waals surface area contributed by atoms with Gasteiger partial charge in [-0.05, 0) is 60.9 Å². The molecular formula is C23H22F2N4O2. The largest absolute Gasteiger partial charge is 0.354 e. The lowest BCUT2D eigenvalue weighted by molar-refractivity contribution is -0.125. The smallest absolute Gasteiger partial charge is 0.271 e. The molecule has 3 aromatic rings. The molecule has 8 heteroatoms. The molecule has 0 bridgehead atoms. The highest BCUT2D eigenvalue weighted by Crippen LogP contribution is 2.22. The van der Waals surface area contributed by atoms with Gasteiger partial charge in [0.2, 0.25) is 5.91 Å². The third-order valence-corrected chi connectivity index (χ3v) is 5.33. The van der Waals surface area contributed by atoms with Gasteiger partial charge >= 0.3 is 0 Å². The van der Waals surface area contributed by atoms with Gasteiger partial charge in [-0.3, -0.25) is 9.59 Å². The fourth-order valence-electron chi connectivity index (χ4n) is 3.72. The Kier molecular flexibility index (Phi) is 6.06. The van der Waals surface area contributed by atoms with Gasteiger partial charge < -0.3 is 10.2 Å². The van der Waals surface area contributed by atoms with Gasteiger partial charge in [0.25, 0.3) is 5.56 Å². The molecule has 6 nitrogen and oxygen atoms in total. The van der Waals surface area contributed by atoms with E-state index in [1.54, 1.807) is 18.2 Å². The molecule has 31 heavy (non-hydrogen) atoms. The van der Waals surface area contributed by atoms with Crippen LogP contribution in [0.25, 0.3) is 5.69 Å². The van der Waals surface area contributed by atoms with Crippen LogP contribution in [0.1, 0.15) is 18.4 Å². The molecule has 0 radical (unpaired) electrons. The van der Waals surface area contributed by atoms with Crippen molar-refractivity contribution in [2.24, 2.45) is 5.92 Å². The zero-order valence-electron chi connectivity index (χ0n) is 16.8. The average molecular weight is 424 g/mol. The summed E-state index contributed by atoms with van der Waals surface area (Å²) in [6.07, 6.45) is 1.54. The fourth-order valence-corrected chi connectivity index (χ4v) is 3.72. The van der Waals surface area contributed by atoms with Gasteiger partial charge in [0, 0.05) is 25.7 Å². The molecule has 2 aromatic carbocycles. The summed E-state index contributed by atoms with van der Waals surface area (Å²) < 4.78 is 27.8. The van der Waals surface area contributed by atoms with E-state index < -0.39 is 5.82 Å². The molecule has 0 aliphatic carbocycles. The SMILES string of the molecule is O=C(NCc1cccc(F)c1)[C@@H]1CCCN(c2ccc(=O)n(-c3ccc(F)cc3)n2)C1. The van der Waals surface area contributed by atoms with Crippen LogP contribution in [0, 0.1) is 17.6 Å². The van der Waals surface area contributed by atoms with Gasteiger partial charge in [0.15, 0.2) is 0 Å². The minimum absolute atomic E-state index is 0.0965. The number of hydrogen-bond acceptors (Lipinski definition) is 4. The van der Waals surface area contributed by atoms with Crippen molar-refractivity contribution in [1.29, 1.82) is 0 Å². The van der Waals surface area contributed by atoms with Crippen LogP contribution in [-0.2, 0) is 11.3 Å². The Morgan fingerprint density at radius 2 is 1.87 bits per heavy atom. The normalized spacial score (nSPS) is 16.2. The molecule has 160 valence electrons. The van der Waals surface area contributed by atoms with E-state index in [0.29, 0.717) is 30.2 Å². The molecule has 0 unspecified atom stereocenters. The molecule has 1 fully saturated rings. The maximum Gasteiger partial charge on any atom is 0.271 e. The van der Waals surface area contributed by atoms with Crippen LogP contribution < -0.4 is 15.8 Å². The van der Waals surface area contributed by atoms with Crippen LogP contribution >= 0.6 is 0 Å². The number of nitrogens with zero attached hydrogens (tertiary/aromatic N) is 3. The number of amides is 1. The van der Waals surface area contributed by atoms with E-state index in [0.717, 1.165) is 12.8 Å². The topological polar surface area (TPSA) is 67.2 Å². The van der Waals surface area contributed by atoms with E-state index in [2.05, 4.69) is 10.4 Å². The number of anilines is 1. The Labute approximate surface area is 178 Å². The highest BCUT2D eigenvalue weighted by molar-refractivity contribution is 5.79.